The standard InChI is InChI=1S/C30H25N3O5/c1-37-27-17-22(12-15-26(27)38-25-9-5-8-23(16-25)30(35)36)28(33-24-13-10-20(18-31)11-14-24)29(34)32-19-21-6-3-2-4-7-21/h2-17,28,33H,19H2,1H3,(H,32,34)(H,35,36). The molecule has 8 nitrogen and oxygen atoms in total. The van der Waals surface area contributed by atoms with Crippen LogP contribution in [0.15, 0.2) is 97.1 Å². The summed E-state index contributed by atoms with van der Waals surface area (Å²) in [4.78, 5) is 24.7. The zero-order chi connectivity index (χ0) is 26.9. The number of ether oxygens (including phenoxy) is 2. The second kappa shape index (κ2) is 12.1. The quantitative estimate of drug-likeness (QED) is 0.258. The van der Waals surface area contributed by atoms with Crippen molar-refractivity contribution < 1.29 is 24.2 Å². The van der Waals surface area contributed by atoms with E-state index in [-0.39, 0.29) is 11.5 Å². The van der Waals surface area contributed by atoms with Gasteiger partial charge in [0.2, 0.25) is 5.91 Å². The number of carbonyl (C=O) groups is 2. The lowest BCUT2D eigenvalue weighted by Gasteiger charge is -2.21. The number of nitriles is 1. The molecule has 0 saturated heterocycles. The molecule has 0 radical (unpaired) electrons. The Balaban J connectivity index is 1.61. The molecule has 0 aliphatic rings. The highest BCUT2D eigenvalue weighted by atomic mass is 16.5. The molecule has 4 rings (SSSR count). The third kappa shape index (κ3) is 6.47. The van der Waals surface area contributed by atoms with E-state index in [2.05, 4.69) is 16.7 Å². The molecule has 0 spiro atoms. The fourth-order valence-electron chi connectivity index (χ4n) is 3.76. The summed E-state index contributed by atoms with van der Waals surface area (Å²) in [7, 11) is 1.48. The fraction of sp³-hybridized carbons (Fsp3) is 0.100. The molecule has 0 aliphatic heterocycles. The van der Waals surface area contributed by atoms with Gasteiger partial charge in [-0.1, -0.05) is 42.5 Å². The van der Waals surface area contributed by atoms with Crippen molar-refractivity contribution in [2.45, 2.75) is 12.6 Å². The number of carbonyl (C=O) groups excluding carboxylic acids is 1. The van der Waals surface area contributed by atoms with E-state index >= 15 is 0 Å². The number of carboxylic acid groups (broad SMARTS) is 1. The Morgan fingerprint density at radius 2 is 1.68 bits per heavy atom. The Bertz CT molecular complexity index is 1460. The zero-order valence-electron chi connectivity index (χ0n) is 20.5. The largest absolute Gasteiger partial charge is 0.493 e. The van der Waals surface area contributed by atoms with Crippen LogP contribution in [0.3, 0.4) is 0 Å². The summed E-state index contributed by atoms with van der Waals surface area (Å²) < 4.78 is 11.4. The molecule has 4 aromatic rings. The van der Waals surface area contributed by atoms with Crippen molar-refractivity contribution >= 4 is 17.6 Å². The molecule has 0 fully saturated rings. The summed E-state index contributed by atoms with van der Waals surface area (Å²) in [6.07, 6.45) is 0. The first-order chi connectivity index (χ1) is 18.5. The zero-order valence-corrected chi connectivity index (χ0v) is 20.5. The average Bonchev–Trinajstić information content (AvgIpc) is 2.96. The van der Waals surface area contributed by atoms with Crippen LogP contribution in [0, 0.1) is 11.3 Å². The van der Waals surface area contributed by atoms with Gasteiger partial charge in [0.05, 0.1) is 24.3 Å². The van der Waals surface area contributed by atoms with Crippen molar-refractivity contribution in [1.29, 1.82) is 5.26 Å². The molecule has 38 heavy (non-hydrogen) atoms. The predicted molar refractivity (Wildman–Crippen MR) is 142 cm³/mol. The highest BCUT2D eigenvalue weighted by Crippen LogP contribution is 2.35. The van der Waals surface area contributed by atoms with Crippen molar-refractivity contribution in [3.63, 3.8) is 0 Å². The molecule has 0 heterocycles. The number of anilines is 1. The first-order valence-electron chi connectivity index (χ1n) is 11.7. The number of methoxy groups -OCH3 is 1. The van der Waals surface area contributed by atoms with Crippen LogP contribution in [0.25, 0.3) is 0 Å². The molecule has 190 valence electrons. The van der Waals surface area contributed by atoms with Gasteiger partial charge in [0.1, 0.15) is 11.8 Å². The van der Waals surface area contributed by atoms with E-state index in [1.807, 2.05) is 30.3 Å². The summed E-state index contributed by atoms with van der Waals surface area (Å²) in [6.45, 7) is 0.351. The number of carboxylic acids is 1. The van der Waals surface area contributed by atoms with Gasteiger partial charge in [0.25, 0.3) is 0 Å². The lowest BCUT2D eigenvalue weighted by atomic mass is 10.0. The number of benzene rings is 4. The minimum Gasteiger partial charge on any atom is -0.493 e. The van der Waals surface area contributed by atoms with Crippen LogP contribution in [0.4, 0.5) is 5.69 Å². The van der Waals surface area contributed by atoms with Gasteiger partial charge in [-0.3, -0.25) is 4.79 Å². The number of amides is 1. The Labute approximate surface area is 220 Å². The SMILES string of the molecule is COc1cc(C(Nc2ccc(C#N)cc2)C(=O)NCc2ccccc2)ccc1Oc1cccc(C(=O)O)c1. The van der Waals surface area contributed by atoms with E-state index in [0.717, 1.165) is 5.56 Å². The van der Waals surface area contributed by atoms with Crippen molar-refractivity contribution in [3.8, 4) is 23.3 Å². The molecule has 0 aromatic heterocycles. The molecule has 8 heteroatoms. The molecule has 1 unspecified atom stereocenters. The van der Waals surface area contributed by atoms with Crippen molar-refractivity contribution in [2.24, 2.45) is 0 Å². The summed E-state index contributed by atoms with van der Waals surface area (Å²) in [5.41, 5.74) is 2.84. The lowest BCUT2D eigenvalue weighted by Crippen LogP contribution is -2.33. The number of hydrogen-bond acceptors (Lipinski definition) is 6. The van der Waals surface area contributed by atoms with Gasteiger partial charge in [-0.15, -0.1) is 0 Å². The molecule has 3 N–H and O–H groups in total. The predicted octanol–water partition coefficient (Wildman–Crippen LogP) is 5.53. The first kappa shape index (κ1) is 25.8. The van der Waals surface area contributed by atoms with Gasteiger partial charge in [-0.2, -0.15) is 5.26 Å². The number of aromatic carboxylic acids is 1. The fourth-order valence-corrected chi connectivity index (χ4v) is 3.76. The van der Waals surface area contributed by atoms with Gasteiger partial charge < -0.3 is 25.2 Å². The normalized spacial score (nSPS) is 11.1. The van der Waals surface area contributed by atoms with Crippen molar-refractivity contribution in [2.75, 3.05) is 12.4 Å². The van der Waals surface area contributed by atoms with E-state index in [4.69, 9.17) is 14.7 Å². The van der Waals surface area contributed by atoms with Gasteiger partial charge in [0.15, 0.2) is 11.5 Å². The van der Waals surface area contributed by atoms with Crippen LogP contribution < -0.4 is 20.1 Å². The van der Waals surface area contributed by atoms with Gasteiger partial charge in [-0.25, -0.2) is 4.79 Å². The lowest BCUT2D eigenvalue weighted by molar-refractivity contribution is -0.122. The third-order valence-corrected chi connectivity index (χ3v) is 5.73. The summed E-state index contributed by atoms with van der Waals surface area (Å²) in [5.74, 6) is -0.255. The Hall–Kier alpha value is -5.29. The van der Waals surface area contributed by atoms with Gasteiger partial charge >= 0.3 is 5.97 Å². The van der Waals surface area contributed by atoms with Crippen molar-refractivity contribution in [3.05, 3.63) is 119 Å². The second-order valence-electron chi connectivity index (χ2n) is 8.32. The van der Waals surface area contributed by atoms with Crippen LogP contribution >= 0.6 is 0 Å². The summed E-state index contributed by atoms with van der Waals surface area (Å²) in [5, 5.41) is 24.6. The van der Waals surface area contributed by atoms with Gasteiger partial charge in [0, 0.05) is 12.2 Å². The van der Waals surface area contributed by atoms with Crippen LogP contribution in [0.1, 0.15) is 33.1 Å². The second-order valence-corrected chi connectivity index (χ2v) is 8.32. The maximum atomic E-state index is 13.4. The van der Waals surface area contributed by atoms with Crippen LogP contribution in [0.2, 0.25) is 0 Å². The molecule has 0 saturated carbocycles. The van der Waals surface area contributed by atoms with E-state index in [0.29, 0.717) is 40.6 Å². The molecular weight excluding hydrogens is 482 g/mol. The van der Waals surface area contributed by atoms with Crippen molar-refractivity contribution in [1.82, 2.24) is 5.32 Å². The summed E-state index contributed by atoms with van der Waals surface area (Å²) in [6, 6.07) is 28.9. The molecule has 0 bridgehead atoms. The first-order valence-corrected chi connectivity index (χ1v) is 11.7. The molecule has 0 aliphatic carbocycles. The van der Waals surface area contributed by atoms with E-state index in [1.54, 1.807) is 54.6 Å². The third-order valence-electron chi connectivity index (χ3n) is 5.73. The van der Waals surface area contributed by atoms with E-state index < -0.39 is 12.0 Å². The maximum Gasteiger partial charge on any atom is 0.335 e. The Morgan fingerprint density at radius 3 is 2.37 bits per heavy atom. The van der Waals surface area contributed by atoms with Crippen LogP contribution in [-0.2, 0) is 11.3 Å². The molecule has 4 aromatic carbocycles. The monoisotopic (exact) mass is 507 g/mol. The minimum atomic E-state index is -1.06. The Morgan fingerprint density at radius 1 is 0.921 bits per heavy atom. The molecule has 1 amide bonds. The highest BCUT2D eigenvalue weighted by Gasteiger charge is 2.22. The van der Waals surface area contributed by atoms with Crippen LogP contribution in [-0.4, -0.2) is 24.1 Å². The number of nitrogens with zero attached hydrogens (tertiary/aromatic N) is 1. The highest BCUT2D eigenvalue weighted by molar-refractivity contribution is 5.88. The van der Waals surface area contributed by atoms with E-state index in [1.165, 1.54) is 19.2 Å². The average molecular weight is 508 g/mol. The molecular formula is C30H25N3O5. The van der Waals surface area contributed by atoms with Crippen LogP contribution in [0.5, 0.6) is 17.2 Å². The topological polar surface area (TPSA) is 121 Å². The number of nitrogens with one attached hydrogen (secondary N) is 2. The maximum absolute atomic E-state index is 13.4. The number of hydrogen-bond donors (Lipinski definition) is 3. The molecule has 1 atom stereocenters. The Kier molecular flexibility index (Phi) is 8.21. The van der Waals surface area contributed by atoms with E-state index in [9.17, 15) is 14.7 Å². The summed E-state index contributed by atoms with van der Waals surface area (Å²) >= 11 is 0. The smallest absolute Gasteiger partial charge is 0.335 e. The minimum absolute atomic E-state index is 0.0971. The van der Waals surface area contributed by atoms with Gasteiger partial charge in [-0.05, 0) is 65.7 Å². The number of rotatable bonds is 10.